The van der Waals surface area contributed by atoms with Crippen LogP contribution in [0, 0.1) is 0 Å². The van der Waals surface area contributed by atoms with E-state index in [0.717, 1.165) is 24.1 Å². The number of halogens is 3. The molecule has 0 amide bonds. The molecule has 0 saturated carbocycles. The third-order valence-electron chi connectivity index (χ3n) is 2.09. The number of fused-ring (bicyclic) bond motifs is 1. The average molecular weight is 495 g/mol. The van der Waals surface area contributed by atoms with Gasteiger partial charge in [-0.25, -0.2) is 27.7 Å². The van der Waals surface area contributed by atoms with Crippen molar-refractivity contribution in [3.05, 3.63) is 36.7 Å². The molecule has 1 aliphatic rings. The summed E-state index contributed by atoms with van der Waals surface area (Å²) in [7, 11) is -10.9. The molecule has 2 aromatic rings. The molecular formula is C11H14F3N5Na2O7S2. The van der Waals surface area contributed by atoms with Crippen molar-refractivity contribution in [1.82, 2.24) is 26.4 Å². The molecule has 30 heavy (non-hydrogen) atoms. The van der Waals surface area contributed by atoms with E-state index in [1.807, 2.05) is 24.3 Å². The molecule has 1 aliphatic heterocycles. The Hall–Kier alpha value is 0.01000. The molecule has 1 aromatic carbocycles. The van der Waals surface area contributed by atoms with Gasteiger partial charge in [0.25, 0.3) is 0 Å². The fourth-order valence-corrected chi connectivity index (χ4v) is 2.14. The van der Waals surface area contributed by atoms with Gasteiger partial charge in [-0.1, -0.05) is 12.1 Å². The molecule has 2 heterocycles. The molecule has 3 rings (SSSR count). The van der Waals surface area contributed by atoms with E-state index >= 15 is 0 Å². The number of aromatic nitrogens is 2. The van der Waals surface area contributed by atoms with Crippen LogP contribution in [0.5, 0.6) is 0 Å². The van der Waals surface area contributed by atoms with Gasteiger partial charge in [-0.15, -0.1) is 0 Å². The maximum atomic E-state index is 9.67. The Balaban J connectivity index is -0.000000337. The molecule has 19 heteroatoms. The summed E-state index contributed by atoms with van der Waals surface area (Å²) in [5.41, 5.74) is 10.3. The van der Waals surface area contributed by atoms with Gasteiger partial charge in [0.1, 0.15) is 0 Å². The molecule has 1 saturated heterocycles. The Kier molecular flexibility index (Phi) is 21.4. The van der Waals surface area contributed by atoms with Crippen LogP contribution in [0.15, 0.2) is 36.7 Å². The molecule has 0 bridgehead atoms. The average Bonchev–Trinajstić information content (AvgIpc) is 3.11. The van der Waals surface area contributed by atoms with E-state index in [-0.39, 0.29) is 59.1 Å². The smallest absolute Gasteiger partial charge is 0.725 e. The van der Waals surface area contributed by atoms with E-state index in [9.17, 15) is 39.1 Å². The summed E-state index contributed by atoms with van der Waals surface area (Å²) in [6, 6.07) is 7.80. The van der Waals surface area contributed by atoms with Crippen molar-refractivity contribution in [3.8, 4) is 0 Å². The van der Waals surface area contributed by atoms with Gasteiger partial charge < -0.3 is 9.11 Å². The van der Waals surface area contributed by atoms with E-state index in [2.05, 4.69) is 30.0 Å². The van der Waals surface area contributed by atoms with Crippen LogP contribution >= 0.6 is 0 Å². The molecule has 160 valence electrons. The van der Waals surface area contributed by atoms with Crippen molar-refractivity contribution in [2.45, 2.75) is 6.68 Å². The first kappa shape index (κ1) is 34.6. The summed E-state index contributed by atoms with van der Waals surface area (Å²) in [4.78, 5) is 8.24. The van der Waals surface area contributed by atoms with Crippen LogP contribution < -0.4 is 75.5 Å². The number of para-hydroxylation sites is 2. The molecule has 3 N–H and O–H groups in total. The molecule has 0 unspecified atom stereocenters. The number of alkyl halides is 3. The first-order valence-corrected chi connectivity index (χ1v) is 9.49. The molecule has 0 radical (unpaired) electrons. The van der Waals surface area contributed by atoms with Gasteiger partial charge in [0.15, 0.2) is 0 Å². The number of nitrogens with zero attached hydrogens (tertiary/aromatic N) is 2. The fraction of sp³-hybridized carbons (Fsp3) is 0.273. The minimum Gasteiger partial charge on any atom is -0.725 e. The molecule has 1 fully saturated rings. The van der Waals surface area contributed by atoms with Gasteiger partial charge in [0, 0.05) is 25.5 Å². The number of hydrazine groups is 2. The summed E-state index contributed by atoms with van der Waals surface area (Å²) >= 11 is 0. The summed E-state index contributed by atoms with van der Waals surface area (Å²) in [5.74, 6) is 0. The summed E-state index contributed by atoms with van der Waals surface area (Å²) in [6.45, 7) is -1.61. The Morgan fingerprint density at radius 2 is 1.20 bits per heavy atom. The van der Waals surface area contributed by atoms with Gasteiger partial charge in [0.05, 0.1) is 11.0 Å². The first-order chi connectivity index (χ1) is 12.9. The van der Waals surface area contributed by atoms with Gasteiger partial charge in [-0.2, -0.15) is 22.3 Å². The molecule has 1 aromatic heterocycles. The summed E-state index contributed by atoms with van der Waals surface area (Å²) in [5, 5.41) is 0. The van der Waals surface area contributed by atoms with Crippen LogP contribution in [-0.2, 0) is 24.4 Å². The Bertz CT molecular complexity index is 803. The van der Waals surface area contributed by atoms with Crippen LogP contribution in [0.2, 0.25) is 0 Å². The van der Waals surface area contributed by atoms with Crippen molar-refractivity contribution in [2.24, 2.45) is 0 Å². The zero-order valence-electron chi connectivity index (χ0n) is 15.7. The molecular weight excluding hydrogens is 481 g/mol. The zero-order chi connectivity index (χ0) is 21.6. The third kappa shape index (κ3) is 24.3. The topological polar surface area (TPSA) is 186 Å². The van der Waals surface area contributed by atoms with Gasteiger partial charge in [0.2, 0.25) is 20.8 Å². The van der Waals surface area contributed by atoms with E-state index < -0.39 is 27.5 Å². The maximum Gasteiger partial charge on any atom is 1.00 e. The van der Waals surface area contributed by atoms with Crippen LogP contribution in [0.4, 0.5) is 13.2 Å². The van der Waals surface area contributed by atoms with E-state index in [0.29, 0.717) is 0 Å². The second-order valence-corrected chi connectivity index (χ2v) is 6.33. The van der Waals surface area contributed by atoms with Crippen molar-refractivity contribution in [1.29, 1.82) is 0 Å². The monoisotopic (exact) mass is 495 g/mol. The number of hydrogen-bond acceptors (Lipinski definition) is 12. The molecule has 0 spiro atoms. The second-order valence-electron chi connectivity index (χ2n) is 4.16. The van der Waals surface area contributed by atoms with Gasteiger partial charge in [-0.05, 0) is 12.1 Å². The minimum absolute atomic E-state index is 0. The van der Waals surface area contributed by atoms with Crippen LogP contribution in [0.3, 0.4) is 0 Å². The Labute approximate surface area is 214 Å². The fourth-order valence-electron chi connectivity index (χ4n) is 1.32. The predicted octanol–water partition coefficient (Wildman–Crippen LogP) is -6.66. The second kappa shape index (κ2) is 18.6. The van der Waals surface area contributed by atoms with Crippen LogP contribution in [0.25, 0.3) is 11.0 Å². The van der Waals surface area contributed by atoms with Crippen molar-refractivity contribution in [3.63, 3.8) is 0 Å². The van der Waals surface area contributed by atoms with Crippen molar-refractivity contribution < 1.29 is 102 Å². The number of benzene rings is 1. The van der Waals surface area contributed by atoms with Crippen molar-refractivity contribution in [2.75, 3.05) is 13.1 Å². The van der Waals surface area contributed by atoms with Crippen molar-refractivity contribution >= 4 is 31.8 Å². The maximum absolute atomic E-state index is 9.67. The summed E-state index contributed by atoms with van der Waals surface area (Å²) in [6.07, 6.45) is 3.39. The summed E-state index contributed by atoms with van der Waals surface area (Å²) < 4.78 is 87.2. The largest absolute Gasteiger partial charge is 1.00 e. The quantitative estimate of drug-likeness (QED) is 0.204. The van der Waals surface area contributed by atoms with E-state index in [1.165, 1.54) is 0 Å². The number of nitrogens with one attached hydrogen (secondary N) is 3. The predicted molar refractivity (Wildman–Crippen MR) is 86.3 cm³/mol. The number of hydrogen-bond donors (Lipinski definition) is 3. The Morgan fingerprint density at radius 1 is 0.867 bits per heavy atom. The first-order valence-electron chi connectivity index (χ1n) is 6.82. The van der Waals surface area contributed by atoms with Crippen LogP contribution in [-0.4, -0.2) is 55.7 Å². The minimum atomic E-state index is -5.43. The van der Waals surface area contributed by atoms with E-state index in [4.69, 9.17) is 0 Å². The normalized spacial score (nSPS) is 12.6. The Morgan fingerprint density at radius 3 is 1.40 bits per heavy atom. The SMILES string of the molecule is C1CNNN1.FC(F)F.O=S(=O)([O-])OS(=O)(=O)[O-].[Na+].[Na+].c1ccc2nccnc2c1. The zero-order valence-corrected chi connectivity index (χ0v) is 21.3. The number of rotatable bonds is 2. The molecule has 0 aliphatic carbocycles. The third-order valence-corrected chi connectivity index (χ3v) is 3.43. The van der Waals surface area contributed by atoms with Gasteiger partial charge >= 0.3 is 65.8 Å². The standard InChI is InChI=1S/C8H6N2.C2H7N3.CHF3.2Na.H2O7S2/c1-2-4-8-7(3-1)9-5-6-10-8;1-2-4-5-3-1;2-1(3)4;;;1-8(2,3)7-9(4,5)6/h1-6H;3-5H,1-2H2;1H;;;(H,1,2,3)(H,4,5,6)/q;;;2*+1;/p-2. The van der Waals surface area contributed by atoms with Crippen LogP contribution in [0.1, 0.15) is 0 Å². The van der Waals surface area contributed by atoms with Gasteiger partial charge in [-0.3, -0.25) is 9.97 Å². The van der Waals surface area contributed by atoms with E-state index in [1.54, 1.807) is 12.4 Å². The molecule has 0 atom stereocenters. The molecule has 12 nitrogen and oxygen atoms in total.